The molecule has 2 rings (SSSR count). The third-order valence-electron chi connectivity index (χ3n) is 2.92. The zero-order valence-corrected chi connectivity index (χ0v) is 10.5. The Morgan fingerprint density at radius 3 is 1.89 bits per heavy atom. The third kappa shape index (κ3) is 3.49. The Hall–Kier alpha value is -2.48. The van der Waals surface area contributed by atoms with Crippen molar-refractivity contribution < 1.29 is 10.2 Å². The van der Waals surface area contributed by atoms with Crippen LogP contribution in [0.2, 0.25) is 0 Å². The summed E-state index contributed by atoms with van der Waals surface area (Å²) in [6.07, 6.45) is 5.87. The molecule has 0 aliphatic carbocycles. The van der Waals surface area contributed by atoms with E-state index in [1.807, 2.05) is 42.5 Å². The van der Waals surface area contributed by atoms with Crippen molar-refractivity contribution in [3.63, 3.8) is 0 Å². The Kier molecular flexibility index (Phi) is 4.04. The fraction of sp³-hybridized carbons (Fsp3) is 0.0588. The van der Waals surface area contributed by atoms with E-state index in [2.05, 4.69) is 6.58 Å². The van der Waals surface area contributed by atoms with Crippen LogP contribution in [-0.4, -0.2) is 10.2 Å². The minimum atomic E-state index is 0.0920. The smallest absolute Gasteiger partial charge is 0.115 e. The molecule has 2 heteroatoms. The summed E-state index contributed by atoms with van der Waals surface area (Å²) in [4.78, 5) is 0. The molecule has 0 heterocycles. The van der Waals surface area contributed by atoms with Crippen molar-refractivity contribution in [2.24, 2.45) is 0 Å². The maximum absolute atomic E-state index is 9.28. The van der Waals surface area contributed by atoms with E-state index < -0.39 is 0 Å². The van der Waals surface area contributed by atoms with Gasteiger partial charge in [0.1, 0.15) is 11.5 Å². The molecule has 2 nitrogen and oxygen atoms in total. The predicted molar refractivity (Wildman–Crippen MR) is 78.2 cm³/mol. The minimum absolute atomic E-state index is 0.0920. The van der Waals surface area contributed by atoms with E-state index in [-0.39, 0.29) is 17.4 Å². The normalized spacial score (nSPS) is 12.4. The Labute approximate surface area is 113 Å². The van der Waals surface area contributed by atoms with Gasteiger partial charge < -0.3 is 10.2 Å². The van der Waals surface area contributed by atoms with Gasteiger partial charge in [0.2, 0.25) is 0 Å². The molecule has 0 unspecified atom stereocenters. The number of hydrogen-bond acceptors (Lipinski definition) is 2. The molecule has 0 radical (unpaired) electrons. The molecule has 0 saturated carbocycles. The summed E-state index contributed by atoms with van der Waals surface area (Å²) in [6.45, 7) is 3.83. The highest BCUT2D eigenvalue weighted by atomic mass is 16.3. The molecule has 0 amide bonds. The van der Waals surface area contributed by atoms with Crippen LogP contribution in [0.5, 0.6) is 11.5 Å². The first-order chi connectivity index (χ1) is 9.19. The van der Waals surface area contributed by atoms with Gasteiger partial charge in [0, 0.05) is 5.92 Å². The minimum Gasteiger partial charge on any atom is -0.508 e. The Balaban J connectivity index is 2.17. The van der Waals surface area contributed by atoms with Gasteiger partial charge in [0.15, 0.2) is 0 Å². The lowest BCUT2D eigenvalue weighted by Crippen LogP contribution is -1.89. The maximum atomic E-state index is 9.28. The first-order valence-electron chi connectivity index (χ1n) is 6.08. The van der Waals surface area contributed by atoms with Crippen LogP contribution in [0.1, 0.15) is 17.0 Å². The van der Waals surface area contributed by atoms with Gasteiger partial charge in [0.25, 0.3) is 0 Å². The van der Waals surface area contributed by atoms with Crippen LogP contribution < -0.4 is 0 Å². The van der Waals surface area contributed by atoms with Crippen LogP contribution in [-0.2, 0) is 0 Å². The highest BCUT2D eigenvalue weighted by Crippen LogP contribution is 2.22. The van der Waals surface area contributed by atoms with E-state index in [0.717, 1.165) is 11.1 Å². The largest absolute Gasteiger partial charge is 0.508 e. The Morgan fingerprint density at radius 1 is 0.842 bits per heavy atom. The second-order valence-corrected chi connectivity index (χ2v) is 4.30. The quantitative estimate of drug-likeness (QED) is 0.805. The molecule has 0 aromatic heterocycles. The van der Waals surface area contributed by atoms with Crippen LogP contribution in [0.15, 0.2) is 67.3 Å². The molecule has 0 aliphatic heterocycles. The Morgan fingerprint density at radius 2 is 1.37 bits per heavy atom. The van der Waals surface area contributed by atoms with Crippen molar-refractivity contribution in [1.29, 1.82) is 0 Å². The van der Waals surface area contributed by atoms with Crippen molar-refractivity contribution in [1.82, 2.24) is 0 Å². The SMILES string of the molecule is C=C[C@@H](/C=C\c1ccc(O)cc1)c1ccc(O)cc1. The fourth-order valence-corrected chi connectivity index (χ4v) is 1.82. The second kappa shape index (κ2) is 5.91. The summed E-state index contributed by atoms with van der Waals surface area (Å²) in [6, 6.07) is 14.1. The van der Waals surface area contributed by atoms with Crippen LogP contribution in [0.25, 0.3) is 6.08 Å². The third-order valence-corrected chi connectivity index (χ3v) is 2.92. The second-order valence-electron chi connectivity index (χ2n) is 4.30. The first-order valence-corrected chi connectivity index (χ1v) is 6.08. The average molecular weight is 252 g/mol. The molecule has 19 heavy (non-hydrogen) atoms. The molecule has 0 bridgehead atoms. The van der Waals surface area contributed by atoms with Gasteiger partial charge >= 0.3 is 0 Å². The molecule has 2 N–H and O–H groups in total. The highest BCUT2D eigenvalue weighted by Gasteiger charge is 2.03. The van der Waals surface area contributed by atoms with Gasteiger partial charge in [-0.3, -0.25) is 0 Å². The maximum Gasteiger partial charge on any atom is 0.115 e. The van der Waals surface area contributed by atoms with Gasteiger partial charge in [-0.15, -0.1) is 6.58 Å². The topological polar surface area (TPSA) is 40.5 Å². The summed E-state index contributed by atoms with van der Waals surface area (Å²) in [5, 5.41) is 18.5. The molecule has 1 atom stereocenters. The van der Waals surface area contributed by atoms with E-state index in [9.17, 15) is 10.2 Å². The number of aromatic hydroxyl groups is 2. The van der Waals surface area contributed by atoms with E-state index >= 15 is 0 Å². The molecular weight excluding hydrogens is 236 g/mol. The van der Waals surface area contributed by atoms with Gasteiger partial charge in [-0.25, -0.2) is 0 Å². The molecular formula is C17H16O2. The van der Waals surface area contributed by atoms with Crippen LogP contribution >= 0.6 is 0 Å². The van der Waals surface area contributed by atoms with Crippen molar-refractivity contribution in [3.8, 4) is 11.5 Å². The standard InChI is InChI=1S/C17H16O2/c1-2-14(15-7-11-17(19)12-8-15)6-3-13-4-9-16(18)10-5-13/h2-12,14,18-19H,1H2/b6-3-/t14-/m0/s1. The van der Waals surface area contributed by atoms with Gasteiger partial charge in [-0.2, -0.15) is 0 Å². The Bertz CT molecular complexity index is 565. The summed E-state index contributed by atoms with van der Waals surface area (Å²) < 4.78 is 0. The van der Waals surface area contributed by atoms with E-state index in [1.54, 1.807) is 24.3 Å². The van der Waals surface area contributed by atoms with E-state index in [4.69, 9.17) is 0 Å². The van der Waals surface area contributed by atoms with Crippen molar-refractivity contribution in [3.05, 3.63) is 78.4 Å². The lowest BCUT2D eigenvalue weighted by molar-refractivity contribution is 0.474. The highest BCUT2D eigenvalue weighted by molar-refractivity contribution is 5.52. The molecule has 96 valence electrons. The summed E-state index contributed by atoms with van der Waals surface area (Å²) in [5.74, 6) is 0.611. The van der Waals surface area contributed by atoms with E-state index in [1.165, 1.54) is 0 Å². The van der Waals surface area contributed by atoms with Crippen molar-refractivity contribution >= 4 is 6.08 Å². The van der Waals surface area contributed by atoms with E-state index in [0.29, 0.717) is 0 Å². The zero-order valence-electron chi connectivity index (χ0n) is 10.5. The van der Waals surface area contributed by atoms with Gasteiger partial charge in [-0.1, -0.05) is 42.5 Å². The molecule has 0 saturated heterocycles. The van der Waals surface area contributed by atoms with Crippen LogP contribution in [0.3, 0.4) is 0 Å². The lowest BCUT2D eigenvalue weighted by Gasteiger charge is -2.08. The molecule has 2 aromatic rings. The average Bonchev–Trinajstić information content (AvgIpc) is 2.43. The molecule has 0 aliphatic rings. The van der Waals surface area contributed by atoms with Gasteiger partial charge in [-0.05, 0) is 35.4 Å². The predicted octanol–water partition coefficient (Wildman–Crippen LogP) is 4.08. The molecule has 0 spiro atoms. The summed E-state index contributed by atoms with van der Waals surface area (Å²) >= 11 is 0. The number of phenols is 2. The number of benzene rings is 2. The summed E-state index contributed by atoms with van der Waals surface area (Å²) in [5.41, 5.74) is 2.09. The van der Waals surface area contributed by atoms with Crippen molar-refractivity contribution in [2.75, 3.05) is 0 Å². The van der Waals surface area contributed by atoms with Crippen LogP contribution in [0, 0.1) is 0 Å². The molecule has 2 aromatic carbocycles. The van der Waals surface area contributed by atoms with Crippen LogP contribution in [0.4, 0.5) is 0 Å². The molecule has 0 fully saturated rings. The monoisotopic (exact) mass is 252 g/mol. The number of phenolic OH excluding ortho intramolecular Hbond substituents is 2. The fourth-order valence-electron chi connectivity index (χ4n) is 1.82. The summed E-state index contributed by atoms with van der Waals surface area (Å²) in [7, 11) is 0. The number of hydrogen-bond donors (Lipinski definition) is 2. The van der Waals surface area contributed by atoms with Crippen molar-refractivity contribution in [2.45, 2.75) is 5.92 Å². The lowest BCUT2D eigenvalue weighted by atomic mass is 9.98. The number of allylic oxidation sites excluding steroid dienone is 2. The zero-order chi connectivity index (χ0) is 13.7. The van der Waals surface area contributed by atoms with Gasteiger partial charge in [0.05, 0.1) is 0 Å². The first kappa shape index (κ1) is 13.0. The number of rotatable bonds is 4.